The number of carbonyl (C=O) groups excluding carboxylic acids is 3. The molecular formula is C22H26N2O4. The zero-order valence-electron chi connectivity index (χ0n) is 16.6. The predicted octanol–water partition coefficient (Wildman–Crippen LogP) is 3.14. The average molecular weight is 382 g/mol. The number of Topliss-reactive ketones (excluding diaryl/α,β-unsaturated/α-hetero) is 1. The number of amides is 1. The number of hydrogen-bond acceptors (Lipinski definition) is 4. The van der Waals surface area contributed by atoms with Crippen LogP contribution in [0.25, 0.3) is 0 Å². The van der Waals surface area contributed by atoms with E-state index in [-0.39, 0.29) is 30.0 Å². The number of carbonyl (C=O) groups is 3. The van der Waals surface area contributed by atoms with E-state index in [1.165, 1.54) is 41.5 Å². The normalized spacial score (nSPS) is 14.1. The van der Waals surface area contributed by atoms with Crippen molar-refractivity contribution < 1.29 is 19.1 Å². The number of aromatic nitrogens is 1. The number of hydrogen-bond donors (Lipinski definition) is 1. The van der Waals surface area contributed by atoms with Crippen molar-refractivity contribution in [2.75, 3.05) is 6.61 Å². The van der Waals surface area contributed by atoms with Gasteiger partial charge in [-0.1, -0.05) is 18.2 Å². The summed E-state index contributed by atoms with van der Waals surface area (Å²) >= 11 is 0. The van der Waals surface area contributed by atoms with Gasteiger partial charge in [0.2, 0.25) is 0 Å². The first kappa shape index (κ1) is 19.9. The van der Waals surface area contributed by atoms with E-state index in [0.717, 1.165) is 18.4 Å². The van der Waals surface area contributed by atoms with Crippen LogP contribution in [0.2, 0.25) is 0 Å². The molecule has 0 bridgehead atoms. The van der Waals surface area contributed by atoms with E-state index < -0.39 is 5.97 Å². The minimum absolute atomic E-state index is 0.133. The van der Waals surface area contributed by atoms with E-state index in [9.17, 15) is 14.4 Å². The summed E-state index contributed by atoms with van der Waals surface area (Å²) in [6, 6.07) is 7.66. The zero-order chi connectivity index (χ0) is 20.3. The van der Waals surface area contributed by atoms with Crippen LogP contribution in [0.4, 0.5) is 0 Å². The molecule has 0 fully saturated rings. The summed E-state index contributed by atoms with van der Waals surface area (Å²) in [7, 11) is 1.65. The highest BCUT2D eigenvalue weighted by Gasteiger charge is 2.18. The smallest absolute Gasteiger partial charge is 0.355 e. The third-order valence-electron chi connectivity index (χ3n) is 5.21. The number of nitrogens with one attached hydrogen (secondary N) is 1. The Balaban J connectivity index is 1.55. The zero-order valence-corrected chi connectivity index (χ0v) is 16.6. The van der Waals surface area contributed by atoms with Gasteiger partial charge >= 0.3 is 5.97 Å². The quantitative estimate of drug-likeness (QED) is 0.615. The average Bonchev–Trinajstić information content (AvgIpc) is 3.08. The van der Waals surface area contributed by atoms with Crippen LogP contribution in [0, 0.1) is 0 Å². The number of nitrogens with zero attached hydrogens (tertiary/aromatic N) is 1. The van der Waals surface area contributed by atoms with Gasteiger partial charge in [-0.3, -0.25) is 9.59 Å². The second-order valence-corrected chi connectivity index (χ2v) is 7.38. The molecule has 0 saturated carbocycles. The van der Waals surface area contributed by atoms with E-state index >= 15 is 0 Å². The van der Waals surface area contributed by atoms with Gasteiger partial charge in [0.1, 0.15) is 5.69 Å². The molecule has 1 N–H and O–H groups in total. The first-order chi connectivity index (χ1) is 13.3. The van der Waals surface area contributed by atoms with Gasteiger partial charge in [0.05, 0.1) is 6.04 Å². The number of rotatable bonds is 6. The van der Waals surface area contributed by atoms with E-state index in [4.69, 9.17) is 4.74 Å². The summed E-state index contributed by atoms with van der Waals surface area (Å²) in [5.41, 5.74) is 4.48. The standard InChI is InChI=1S/C22H26N2O4/c1-14(17-9-8-16-6-4-5-7-18(16)10-17)23-21(26)13-28-22(27)20-11-19(15(2)25)12-24(20)3/h8-12,14H,4-7,13H2,1-3H3,(H,23,26)/t14-/m0/s1. The molecule has 1 aromatic carbocycles. The first-order valence-corrected chi connectivity index (χ1v) is 9.60. The van der Waals surface area contributed by atoms with Crippen molar-refractivity contribution in [1.82, 2.24) is 9.88 Å². The Morgan fingerprint density at radius 3 is 2.54 bits per heavy atom. The van der Waals surface area contributed by atoms with Crippen molar-refractivity contribution in [3.63, 3.8) is 0 Å². The van der Waals surface area contributed by atoms with Crippen molar-refractivity contribution >= 4 is 17.7 Å². The van der Waals surface area contributed by atoms with Crippen molar-refractivity contribution in [3.05, 3.63) is 58.4 Å². The highest BCUT2D eigenvalue weighted by Crippen LogP contribution is 2.24. The Bertz CT molecular complexity index is 913. The lowest BCUT2D eigenvalue weighted by Crippen LogP contribution is -2.31. The molecule has 1 heterocycles. The second kappa shape index (κ2) is 8.42. The number of benzene rings is 1. The minimum Gasteiger partial charge on any atom is -0.451 e. The lowest BCUT2D eigenvalue weighted by Gasteiger charge is -2.20. The van der Waals surface area contributed by atoms with Crippen LogP contribution >= 0.6 is 0 Å². The Kier molecular flexibility index (Phi) is 5.97. The molecule has 0 radical (unpaired) electrons. The minimum atomic E-state index is -0.633. The number of ketones is 1. The van der Waals surface area contributed by atoms with Crippen LogP contribution in [0.5, 0.6) is 0 Å². The maximum absolute atomic E-state index is 12.2. The van der Waals surface area contributed by atoms with E-state index in [0.29, 0.717) is 5.56 Å². The molecule has 1 atom stereocenters. The molecule has 1 aliphatic rings. The number of ether oxygens (including phenoxy) is 1. The van der Waals surface area contributed by atoms with Gasteiger partial charge in [-0.15, -0.1) is 0 Å². The number of fused-ring (bicyclic) bond motifs is 1. The van der Waals surface area contributed by atoms with Crippen LogP contribution in [-0.4, -0.2) is 28.8 Å². The van der Waals surface area contributed by atoms with Gasteiger partial charge in [-0.2, -0.15) is 0 Å². The molecule has 0 saturated heterocycles. The SMILES string of the molecule is CC(=O)c1cc(C(=O)OCC(=O)N[C@@H](C)c2ccc3c(c2)CCCC3)n(C)c1. The van der Waals surface area contributed by atoms with Gasteiger partial charge in [0.25, 0.3) is 5.91 Å². The molecular weight excluding hydrogens is 356 g/mol. The van der Waals surface area contributed by atoms with E-state index in [1.807, 2.05) is 13.0 Å². The highest BCUT2D eigenvalue weighted by atomic mass is 16.5. The fraction of sp³-hybridized carbons (Fsp3) is 0.409. The lowest BCUT2D eigenvalue weighted by molar-refractivity contribution is -0.124. The van der Waals surface area contributed by atoms with E-state index in [2.05, 4.69) is 17.4 Å². The number of aryl methyl sites for hydroxylation is 3. The summed E-state index contributed by atoms with van der Waals surface area (Å²) in [6.45, 7) is 2.98. The molecule has 6 heteroatoms. The third-order valence-corrected chi connectivity index (χ3v) is 5.21. The van der Waals surface area contributed by atoms with Crippen LogP contribution in [0.3, 0.4) is 0 Å². The van der Waals surface area contributed by atoms with Crippen LogP contribution in [0.1, 0.15) is 70.3 Å². The summed E-state index contributed by atoms with van der Waals surface area (Å²) in [5, 5.41) is 2.87. The molecule has 0 unspecified atom stereocenters. The highest BCUT2D eigenvalue weighted by molar-refractivity contribution is 5.98. The van der Waals surface area contributed by atoms with Crippen LogP contribution < -0.4 is 5.32 Å². The monoisotopic (exact) mass is 382 g/mol. The van der Waals surface area contributed by atoms with E-state index in [1.54, 1.807) is 13.2 Å². The Morgan fingerprint density at radius 1 is 1.14 bits per heavy atom. The van der Waals surface area contributed by atoms with Gasteiger partial charge in [0, 0.05) is 18.8 Å². The summed E-state index contributed by atoms with van der Waals surface area (Å²) < 4.78 is 6.63. The molecule has 148 valence electrons. The molecule has 1 aromatic heterocycles. The summed E-state index contributed by atoms with van der Waals surface area (Å²) in [4.78, 5) is 35.8. The lowest BCUT2D eigenvalue weighted by atomic mass is 9.89. The molecule has 0 spiro atoms. The summed E-state index contributed by atoms with van der Waals surface area (Å²) in [5.74, 6) is -1.13. The van der Waals surface area contributed by atoms with Crippen LogP contribution in [0.15, 0.2) is 30.5 Å². The van der Waals surface area contributed by atoms with Gasteiger partial charge in [-0.25, -0.2) is 4.79 Å². The predicted molar refractivity (Wildman–Crippen MR) is 105 cm³/mol. The molecule has 3 rings (SSSR count). The van der Waals surface area contributed by atoms with Crippen molar-refractivity contribution in [1.29, 1.82) is 0 Å². The third kappa shape index (κ3) is 4.50. The van der Waals surface area contributed by atoms with Crippen molar-refractivity contribution in [2.24, 2.45) is 7.05 Å². The Hall–Kier alpha value is -2.89. The summed E-state index contributed by atoms with van der Waals surface area (Å²) in [6.07, 6.45) is 6.21. The fourth-order valence-corrected chi connectivity index (χ4v) is 3.55. The van der Waals surface area contributed by atoms with Crippen molar-refractivity contribution in [2.45, 2.75) is 45.6 Å². The van der Waals surface area contributed by atoms with Crippen molar-refractivity contribution in [3.8, 4) is 0 Å². The maximum Gasteiger partial charge on any atom is 0.355 e. The van der Waals surface area contributed by atoms with Gasteiger partial charge < -0.3 is 14.6 Å². The largest absolute Gasteiger partial charge is 0.451 e. The molecule has 28 heavy (non-hydrogen) atoms. The molecule has 2 aromatic rings. The molecule has 6 nitrogen and oxygen atoms in total. The first-order valence-electron chi connectivity index (χ1n) is 9.60. The Morgan fingerprint density at radius 2 is 1.86 bits per heavy atom. The van der Waals surface area contributed by atoms with Gasteiger partial charge in [-0.05, 0) is 62.3 Å². The number of esters is 1. The molecule has 1 amide bonds. The maximum atomic E-state index is 12.2. The molecule has 1 aliphatic carbocycles. The topological polar surface area (TPSA) is 77.4 Å². The second-order valence-electron chi connectivity index (χ2n) is 7.38. The van der Waals surface area contributed by atoms with Gasteiger partial charge in [0.15, 0.2) is 12.4 Å². The van der Waals surface area contributed by atoms with Crippen LogP contribution in [-0.2, 0) is 29.4 Å². The molecule has 0 aliphatic heterocycles. The fourth-order valence-electron chi connectivity index (χ4n) is 3.55. The Labute approximate surface area is 164 Å².